The van der Waals surface area contributed by atoms with Gasteiger partial charge >= 0.3 is 5.97 Å². The molecular weight excluding hydrogens is 346 g/mol. The van der Waals surface area contributed by atoms with Gasteiger partial charge in [-0.05, 0) is 48.0 Å². The molecule has 0 bridgehead atoms. The zero-order valence-corrected chi connectivity index (χ0v) is 14.4. The molecule has 7 nitrogen and oxygen atoms in total. The molecule has 134 valence electrons. The van der Waals surface area contributed by atoms with Crippen molar-refractivity contribution in [2.24, 2.45) is 0 Å². The van der Waals surface area contributed by atoms with E-state index in [1.54, 1.807) is 36.4 Å². The number of benzene rings is 2. The van der Waals surface area contributed by atoms with Crippen molar-refractivity contribution in [3.8, 4) is 29.0 Å². The molecule has 7 heteroatoms. The molecule has 0 atom stereocenters. The van der Waals surface area contributed by atoms with Crippen molar-refractivity contribution < 1.29 is 19.4 Å². The van der Waals surface area contributed by atoms with Crippen LogP contribution in [-0.4, -0.2) is 28.2 Å². The van der Waals surface area contributed by atoms with Crippen molar-refractivity contribution in [3.63, 3.8) is 0 Å². The maximum absolute atomic E-state index is 11.0. The van der Waals surface area contributed by atoms with Crippen molar-refractivity contribution in [2.45, 2.75) is 6.61 Å². The molecule has 0 unspecified atom stereocenters. The van der Waals surface area contributed by atoms with E-state index in [1.807, 2.05) is 6.07 Å². The van der Waals surface area contributed by atoms with Crippen molar-refractivity contribution in [2.75, 3.05) is 7.11 Å². The van der Waals surface area contributed by atoms with Gasteiger partial charge in [0.05, 0.1) is 12.7 Å². The monoisotopic (exact) mass is 361 g/mol. The molecule has 0 fully saturated rings. The summed E-state index contributed by atoms with van der Waals surface area (Å²) >= 11 is 0. The van der Waals surface area contributed by atoms with Crippen LogP contribution in [0, 0.1) is 11.3 Å². The largest absolute Gasteiger partial charge is 0.495 e. The molecule has 2 aromatic carbocycles. The second-order valence-corrected chi connectivity index (χ2v) is 5.53. The molecular formula is C20H15N3O4. The minimum Gasteiger partial charge on any atom is -0.495 e. The SMILES string of the molecule is COc1ccc(COc2ccc(-c3nccc(C(=O)O)n3)cc2)cc1C#N. The number of carboxylic acids is 1. The molecule has 0 saturated heterocycles. The van der Waals surface area contributed by atoms with Gasteiger partial charge in [-0.25, -0.2) is 14.8 Å². The summed E-state index contributed by atoms with van der Waals surface area (Å²) in [5, 5.41) is 18.1. The van der Waals surface area contributed by atoms with Crippen LogP contribution in [0.25, 0.3) is 11.4 Å². The first-order valence-electron chi connectivity index (χ1n) is 7.97. The lowest BCUT2D eigenvalue weighted by molar-refractivity contribution is 0.0690. The van der Waals surface area contributed by atoms with Crippen LogP contribution in [0.4, 0.5) is 0 Å². The van der Waals surface area contributed by atoms with Gasteiger partial charge in [-0.1, -0.05) is 6.07 Å². The third kappa shape index (κ3) is 4.19. The number of carboxylic acid groups (broad SMARTS) is 1. The second-order valence-electron chi connectivity index (χ2n) is 5.53. The summed E-state index contributed by atoms with van der Waals surface area (Å²) < 4.78 is 10.9. The molecule has 1 heterocycles. The minimum absolute atomic E-state index is 0.0619. The molecule has 3 rings (SSSR count). The number of nitrogens with zero attached hydrogens (tertiary/aromatic N) is 3. The maximum atomic E-state index is 11.0. The van der Waals surface area contributed by atoms with Gasteiger partial charge in [-0.3, -0.25) is 0 Å². The minimum atomic E-state index is -1.10. The molecule has 0 aliphatic heterocycles. The van der Waals surface area contributed by atoms with Crippen LogP contribution in [0.3, 0.4) is 0 Å². The van der Waals surface area contributed by atoms with E-state index in [4.69, 9.17) is 19.8 Å². The Morgan fingerprint density at radius 3 is 2.63 bits per heavy atom. The Bertz CT molecular complexity index is 1010. The highest BCUT2D eigenvalue weighted by molar-refractivity contribution is 5.85. The van der Waals surface area contributed by atoms with E-state index in [0.717, 1.165) is 5.56 Å². The van der Waals surface area contributed by atoms with E-state index in [2.05, 4.69) is 16.0 Å². The first-order valence-corrected chi connectivity index (χ1v) is 7.97. The Hall–Kier alpha value is -3.92. The number of methoxy groups -OCH3 is 1. The van der Waals surface area contributed by atoms with Gasteiger partial charge in [0.15, 0.2) is 11.5 Å². The molecule has 3 aromatic rings. The molecule has 27 heavy (non-hydrogen) atoms. The number of ether oxygens (including phenoxy) is 2. The Morgan fingerprint density at radius 2 is 1.96 bits per heavy atom. The third-order valence-corrected chi connectivity index (χ3v) is 3.78. The highest BCUT2D eigenvalue weighted by atomic mass is 16.5. The van der Waals surface area contributed by atoms with Gasteiger partial charge in [0.1, 0.15) is 24.2 Å². The molecule has 0 amide bonds. The highest BCUT2D eigenvalue weighted by Gasteiger charge is 2.08. The number of nitriles is 1. The lowest BCUT2D eigenvalue weighted by atomic mass is 10.1. The highest BCUT2D eigenvalue weighted by Crippen LogP contribution is 2.22. The van der Waals surface area contributed by atoms with Crippen molar-refractivity contribution in [1.29, 1.82) is 5.26 Å². The van der Waals surface area contributed by atoms with E-state index in [-0.39, 0.29) is 5.69 Å². The lowest BCUT2D eigenvalue weighted by Crippen LogP contribution is -2.02. The summed E-state index contributed by atoms with van der Waals surface area (Å²) in [6.07, 6.45) is 1.41. The van der Waals surface area contributed by atoms with E-state index in [1.165, 1.54) is 19.4 Å². The first kappa shape index (κ1) is 17.9. The average Bonchev–Trinajstić information content (AvgIpc) is 2.72. The summed E-state index contributed by atoms with van der Waals surface area (Å²) in [7, 11) is 1.52. The zero-order chi connectivity index (χ0) is 19.2. The molecule has 1 N–H and O–H groups in total. The summed E-state index contributed by atoms with van der Waals surface area (Å²) in [5.74, 6) is 0.377. The standard InChI is InChI=1S/C20H15N3O4/c1-26-18-7-2-13(10-15(18)11-21)12-27-16-5-3-14(4-6-16)19-22-9-8-17(23-19)20(24)25/h2-10H,12H2,1H3,(H,24,25). The summed E-state index contributed by atoms with van der Waals surface area (Å²) in [6, 6.07) is 15.7. The van der Waals surface area contributed by atoms with Gasteiger partial charge in [0, 0.05) is 11.8 Å². The fourth-order valence-corrected chi connectivity index (χ4v) is 2.42. The van der Waals surface area contributed by atoms with Gasteiger partial charge in [-0.15, -0.1) is 0 Å². The molecule has 1 aromatic heterocycles. The van der Waals surface area contributed by atoms with Crippen LogP contribution >= 0.6 is 0 Å². The molecule has 0 spiro atoms. The Morgan fingerprint density at radius 1 is 1.19 bits per heavy atom. The van der Waals surface area contributed by atoms with E-state index in [0.29, 0.717) is 35.1 Å². The number of aromatic nitrogens is 2. The van der Waals surface area contributed by atoms with Gasteiger partial charge < -0.3 is 14.6 Å². The number of carbonyl (C=O) groups is 1. The van der Waals surface area contributed by atoms with Crippen molar-refractivity contribution in [3.05, 3.63) is 71.5 Å². The Labute approximate surface area is 155 Å². The summed E-state index contributed by atoms with van der Waals surface area (Å²) in [4.78, 5) is 19.1. The number of aromatic carboxylic acids is 1. The van der Waals surface area contributed by atoms with Crippen LogP contribution in [0.5, 0.6) is 11.5 Å². The first-order chi connectivity index (χ1) is 13.1. The third-order valence-electron chi connectivity index (χ3n) is 3.78. The predicted molar refractivity (Wildman–Crippen MR) is 96.5 cm³/mol. The number of hydrogen-bond donors (Lipinski definition) is 1. The van der Waals surface area contributed by atoms with E-state index in [9.17, 15) is 4.79 Å². The number of rotatable bonds is 6. The number of hydrogen-bond acceptors (Lipinski definition) is 6. The molecule has 0 aliphatic carbocycles. The Balaban J connectivity index is 1.70. The molecule has 0 saturated carbocycles. The zero-order valence-electron chi connectivity index (χ0n) is 14.4. The van der Waals surface area contributed by atoms with Crippen molar-refractivity contribution >= 4 is 5.97 Å². The Kier molecular flexibility index (Phi) is 5.28. The van der Waals surface area contributed by atoms with Crippen LogP contribution in [-0.2, 0) is 6.61 Å². The van der Waals surface area contributed by atoms with Crippen LogP contribution < -0.4 is 9.47 Å². The predicted octanol–water partition coefficient (Wildman–Crippen LogP) is 3.30. The van der Waals surface area contributed by atoms with Crippen LogP contribution in [0.15, 0.2) is 54.7 Å². The second kappa shape index (κ2) is 7.97. The smallest absolute Gasteiger partial charge is 0.354 e. The maximum Gasteiger partial charge on any atom is 0.354 e. The van der Waals surface area contributed by atoms with Gasteiger partial charge in [0.25, 0.3) is 0 Å². The quantitative estimate of drug-likeness (QED) is 0.718. The van der Waals surface area contributed by atoms with E-state index >= 15 is 0 Å². The normalized spacial score (nSPS) is 10.1. The molecule has 0 radical (unpaired) electrons. The topological polar surface area (TPSA) is 105 Å². The van der Waals surface area contributed by atoms with Crippen LogP contribution in [0.1, 0.15) is 21.6 Å². The summed E-state index contributed by atoms with van der Waals surface area (Å²) in [6.45, 7) is 0.295. The van der Waals surface area contributed by atoms with Gasteiger partial charge in [-0.2, -0.15) is 5.26 Å². The fourth-order valence-electron chi connectivity index (χ4n) is 2.42. The average molecular weight is 361 g/mol. The molecule has 0 aliphatic rings. The fraction of sp³-hybridized carbons (Fsp3) is 0.100. The summed E-state index contributed by atoms with van der Waals surface area (Å²) in [5.41, 5.74) is 1.91. The van der Waals surface area contributed by atoms with Crippen molar-refractivity contribution in [1.82, 2.24) is 9.97 Å². The van der Waals surface area contributed by atoms with Gasteiger partial charge in [0.2, 0.25) is 0 Å². The van der Waals surface area contributed by atoms with Crippen LogP contribution in [0.2, 0.25) is 0 Å². The lowest BCUT2D eigenvalue weighted by Gasteiger charge is -2.09. The van der Waals surface area contributed by atoms with E-state index < -0.39 is 5.97 Å².